The molecule has 0 amide bonds. The Kier molecular flexibility index (Phi) is 11.8. The van der Waals surface area contributed by atoms with E-state index in [2.05, 4.69) is 0 Å². The molecule has 0 aliphatic carbocycles. The van der Waals surface area contributed by atoms with E-state index >= 15 is 0 Å². The predicted octanol–water partition coefficient (Wildman–Crippen LogP) is 0.979. The molecule has 0 spiro atoms. The summed E-state index contributed by atoms with van der Waals surface area (Å²) in [7, 11) is 0. The summed E-state index contributed by atoms with van der Waals surface area (Å²) in [5, 5.41) is 17.5. The van der Waals surface area contributed by atoms with Crippen LogP contribution in [0.25, 0.3) is 0 Å². The van der Waals surface area contributed by atoms with Crippen LogP contribution in [0.3, 0.4) is 0 Å². The fourth-order valence-electron chi connectivity index (χ4n) is 3.69. The first-order valence-corrected chi connectivity index (χ1v) is 12.5. The van der Waals surface area contributed by atoms with Crippen molar-refractivity contribution < 1.29 is 48.3 Å². The lowest BCUT2D eigenvalue weighted by atomic mass is 10.0. The summed E-state index contributed by atoms with van der Waals surface area (Å²) in [5.74, 6) is -1.42. The molecule has 0 bridgehead atoms. The normalized spacial score (nSPS) is 17.2. The highest BCUT2D eigenvalue weighted by Crippen LogP contribution is 2.16. The van der Waals surface area contributed by atoms with Crippen molar-refractivity contribution in [2.45, 2.75) is 43.9 Å². The number of carbonyl (C=O) groups excluding carboxylic acids is 1. The topological polar surface area (TPSA) is 190 Å². The summed E-state index contributed by atoms with van der Waals surface area (Å²) in [6.07, 6.45) is -0.0420. The number of carboxylic acid groups (broad SMARTS) is 2. The number of aliphatic carboxylic acids is 2. The van der Waals surface area contributed by atoms with Crippen molar-refractivity contribution in [2.75, 3.05) is 33.0 Å². The molecule has 0 radical (unpaired) electrons. The zero-order chi connectivity index (χ0) is 28.2. The first-order valence-electron chi connectivity index (χ1n) is 12.5. The van der Waals surface area contributed by atoms with E-state index in [0.717, 1.165) is 11.1 Å². The molecular weight excluding hydrogens is 512 g/mol. The number of carbonyl (C=O) groups is 3. The molecule has 2 aliphatic heterocycles. The molecule has 39 heavy (non-hydrogen) atoms. The number of benzene rings is 2. The third-order valence-electron chi connectivity index (χ3n) is 5.86. The molecular formula is C27H34N2O10. The van der Waals surface area contributed by atoms with Gasteiger partial charge in [-0.15, -0.1) is 0 Å². The highest BCUT2D eigenvalue weighted by atomic mass is 16.7. The van der Waals surface area contributed by atoms with Crippen molar-refractivity contribution in [3.8, 4) is 5.75 Å². The van der Waals surface area contributed by atoms with E-state index in [1.807, 2.05) is 0 Å². The van der Waals surface area contributed by atoms with Crippen LogP contribution in [-0.4, -0.2) is 85.6 Å². The molecule has 0 saturated carbocycles. The number of ketones is 1. The SMILES string of the molecule is NC(Cc1ccc(C(=O)CC2OCCO2)cc1)C(=O)O.NC(Cc1ccc(OCC2OCCO2)cc1)C(=O)O. The molecule has 2 atom stereocenters. The van der Waals surface area contributed by atoms with Crippen LogP contribution in [0, 0.1) is 0 Å². The first kappa shape index (κ1) is 30.2. The van der Waals surface area contributed by atoms with Crippen LogP contribution in [0.5, 0.6) is 5.75 Å². The Morgan fingerprint density at radius 3 is 1.64 bits per heavy atom. The Morgan fingerprint density at radius 2 is 1.18 bits per heavy atom. The smallest absolute Gasteiger partial charge is 0.320 e. The van der Waals surface area contributed by atoms with E-state index in [1.165, 1.54) is 0 Å². The molecule has 0 aromatic heterocycles. The van der Waals surface area contributed by atoms with E-state index in [-0.39, 0.29) is 24.9 Å². The second kappa shape index (κ2) is 15.3. The largest absolute Gasteiger partial charge is 0.488 e. The van der Waals surface area contributed by atoms with Gasteiger partial charge in [-0.1, -0.05) is 36.4 Å². The molecule has 6 N–H and O–H groups in total. The molecule has 2 aliphatic rings. The summed E-state index contributed by atoms with van der Waals surface area (Å²) in [6, 6.07) is 12.1. The number of Topliss-reactive ketones (excluding diaryl/α,β-unsaturated/α-hetero) is 1. The molecule has 2 aromatic rings. The van der Waals surface area contributed by atoms with Gasteiger partial charge in [-0.3, -0.25) is 14.4 Å². The average Bonchev–Trinajstić information content (AvgIpc) is 3.63. The molecule has 4 rings (SSSR count). The molecule has 2 heterocycles. The van der Waals surface area contributed by atoms with Crippen molar-refractivity contribution in [1.82, 2.24) is 0 Å². The first-order chi connectivity index (χ1) is 18.7. The lowest BCUT2D eigenvalue weighted by Gasteiger charge is -2.12. The lowest BCUT2D eigenvalue weighted by Crippen LogP contribution is -2.32. The number of hydrogen-bond donors (Lipinski definition) is 4. The third kappa shape index (κ3) is 10.4. The van der Waals surface area contributed by atoms with Crippen LogP contribution in [0.2, 0.25) is 0 Å². The maximum atomic E-state index is 12.0. The highest BCUT2D eigenvalue weighted by molar-refractivity contribution is 5.96. The standard InChI is InChI=1S/C14H17NO5.C13H17NO5/c15-11(14(17)18)7-9-1-3-10(4-2-9)12(16)8-13-19-5-6-20-13;14-11(13(15)16)7-9-1-3-10(4-2-9)19-8-12-17-5-6-18-12/h1-4,11,13H,5-8,15H2,(H,17,18);1-4,11-12H,5-8,14H2,(H,15,16). The van der Waals surface area contributed by atoms with Crippen LogP contribution >= 0.6 is 0 Å². The van der Waals surface area contributed by atoms with E-state index < -0.39 is 30.3 Å². The monoisotopic (exact) mass is 546 g/mol. The lowest BCUT2D eigenvalue weighted by molar-refractivity contribution is -0.139. The van der Waals surface area contributed by atoms with E-state index in [9.17, 15) is 14.4 Å². The molecule has 12 heteroatoms. The van der Waals surface area contributed by atoms with E-state index in [1.54, 1.807) is 48.5 Å². The van der Waals surface area contributed by atoms with Gasteiger partial charge >= 0.3 is 11.9 Å². The van der Waals surface area contributed by atoms with E-state index in [0.29, 0.717) is 50.8 Å². The minimum Gasteiger partial charge on any atom is -0.488 e. The van der Waals surface area contributed by atoms with Crippen molar-refractivity contribution in [1.29, 1.82) is 0 Å². The summed E-state index contributed by atoms with van der Waals surface area (Å²) in [4.78, 5) is 33.3. The van der Waals surface area contributed by atoms with Gasteiger partial charge in [-0.05, 0) is 36.1 Å². The Balaban J connectivity index is 0.000000216. The van der Waals surface area contributed by atoms with Crippen molar-refractivity contribution in [2.24, 2.45) is 11.5 Å². The van der Waals surface area contributed by atoms with Crippen molar-refractivity contribution in [3.63, 3.8) is 0 Å². The Bertz CT molecular complexity index is 1060. The number of hydrogen-bond acceptors (Lipinski definition) is 10. The van der Waals surface area contributed by atoms with Gasteiger partial charge in [0, 0.05) is 5.56 Å². The molecule has 12 nitrogen and oxygen atoms in total. The highest BCUT2D eigenvalue weighted by Gasteiger charge is 2.21. The number of nitrogens with two attached hydrogens (primary N) is 2. The van der Waals surface area contributed by atoms with Gasteiger partial charge in [0.15, 0.2) is 18.4 Å². The summed E-state index contributed by atoms with van der Waals surface area (Å²) in [6.45, 7) is 2.57. The van der Waals surface area contributed by atoms with Gasteiger partial charge in [0.25, 0.3) is 0 Å². The van der Waals surface area contributed by atoms with Crippen LogP contribution in [-0.2, 0) is 41.4 Å². The number of rotatable bonds is 12. The van der Waals surface area contributed by atoms with Gasteiger partial charge in [0.05, 0.1) is 32.8 Å². The fourth-order valence-corrected chi connectivity index (χ4v) is 3.69. The van der Waals surface area contributed by atoms with Gasteiger partial charge in [0.2, 0.25) is 0 Å². The summed E-state index contributed by atoms with van der Waals surface area (Å²) >= 11 is 0. The van der Waals surface area contributed by atoms with Crippen molar-refractivity contribution >= 4 is 17.7 Å². The van der Waals surface area contributed by atoms with Crippen LogP contribution in [0.1, 0.15) is 27.9 Å². The number of carboxylic acids is 2. The average molecular weight is 547 g/mol. The van der Waals surface area contributed by atoms with Crippen LogP contribution in [0.15, 0.2) is 48.5 Å². The second-order valence-electron chi connectivity index (χ2n) is 8.92. The Hall–Kier alpha value is -3.39. The Morgan fingerprint density at radius 1 is 0.744 bits per heavy atom. The maximum absolute atomic E-state index is 12.0. The zero-order valence-electron chi connectivity index (χ0n) is 21.4. The van der Waals surface area contributed by atoms with Gasteiger partial charge < -0.3 is 45.4 Å². The Labute approximate surface area is 225 Å². The molecule has 2 unspecified atom stereocenters. The fraction of sp³-hybridized carbons (Fsp3) is 0.444. The van der Waals surface area contributed by atoms with Crippen LogP contribution in [0.4, 0.5) is 0 Å². The molecule has 2 fully saturated rings. The van der Waals surface area contributed by atoms with E-state index in [4.69, 9.17) is 45.4 Å². The molecule has 2 saturated heterocycles. The third-order valence-corrected chi connectivity index (χ3v) is 5.86. The minimum absolute atomic E-state index is 0.0639. The van der Waals surface area contributed by atoms with Gasteiger partial charge in [0.1, 0.15) is 24.4 Å². The zero-order valence-corrected chi connectivity index (χ0v) is 21.4. The second-order valence-corrected chi connectivity index (χ2v) is 8.92. The minimum atomic E-state index is -1.04. The number of ether oxygens (including phenoxy) is 5. The summed E-state index contributed by atoms with van der Waals surface area (Å²) in [5.41, 5.74) is 13.1. The predicted molar refractivity (Wildman–Crippen MR) is 137 cm³/mol. The van der Waals surface area contributed by atoms with Gasteiger partial charge in [-0.25, -0.2) is 0 Å². The molecule has 212 valence electrons. The quantitative estimate of drug-likeness (QED) is 0.277. The van der Waals surface area contributed by atoms with Crippen molar-refractivity contribution in [3.05, 3.63) is 65.2 Å². The van der Waals surface area contributed by atoms with Gasteiger partial charge in [-0.2, -0.15) is 0 Å². The van der Waals surface area contributed by atoms with Crippen LogP contribution < -0.4 is 16.2 Å². The molecule has 2 aromatic carbocycles. The summed E-state index contributed by atoms with van der Waals surface area (Å²) < 4.78 is 26.4. The maximum Gasteiger partial charge on any atom is 0.320 e.